The van der Waals surface area contributed by atoms with E-state index in [1.165, 1.54) is 23.8 Å². The lowest BCUT2D eigenvalue weighted by molar-refractivity contribution is -0.145. The summed E-state index contributed by atoms with van der Waals surface area (Å²) in [5, 5.41) is 3.00. The molecule has 0 bridgehead atoms. The Morgan fingerprint density at radius 2 is 2.21 bits per heavy atom. The van der Waals surface area contributed by atoms with E-state index in [9.17, 15) is 9.59 Å². The number of aryl methyl sites for hydroxylation is 1. The van der Waals surface area contributed by atoms with Crippen LogP contribution in [0.15, 0.2) is 18.2 Å². The number of fused-ring (bicyclic) bond motifs is 1. The lowest BCUT2D eigenvalue weighted by Crippen LogP contribution is -2.40. The van der Waals surface area contributed by atoms with E-state index in [4.69, 9.17) is 9.47 Å². The SMILES string of the molecule is COC(=O)[C@@H]1CCc2cc([C@H]3CC[C@]4(COC(=O)N4)C3)ccc2C1. The van der Waals surface area contributed by atoms with Gasteiger partial charge in [0.05, 0.1) is 18.6 Å². The van der Waals surface area contributed by atoms with E-state index in [1.54, 1.807) is 0 Å². The van der Waals surface area contributed by atoms with Crippen LogP contribution in [0.3, 0.4) is 0 Å². The van der Waals surface area contributed by atoms with E-state index >= 15 is 0 Å². The van der Waals surface area contributed by atoms with E-state index in [0.29, 0.717) is 12.5 Å². The summed E-state index contributed by atoms with van der Waals surface area (Å²) in [5.74, 6) is 0.365. The molecule has 1 amide bonds. The number of hydrogen-bond acceptors (Lipinski definition) is 4. The molecule has 1 aromatic rings. The molecule has 1 saturated carbocycles. The summed E-state index contributed by atoms with van der Waals surface area (Å²) in [7, 11) is 1.46. The van der Waals surface area contributed by atoms with Crippen LogP contribution >= 0.6 is 0 Å². The Morgan fingerprint density at radius 3 is 2.96 bits per heavy atom. The van der Waals surface area contributed by atoms with Crippen LogP contribution < -0.4 is 5.32 Å². The third-order valence-corrected chi connectivity index (χ3v) is 5.92. The van der Waals surface area contributed by atoms with Crippen LogP contribution in [0.25, 0.3) is 0 Å². The number of hydrogen-bond donors (Lipinski definition) is 1. The van der Waals surface area contributed by atoms with Crippen molar-refractivity contribution in [1.82, 2.24) is 5.32 Å². The summed E-state index contributed by atoms with van der Waals surface area (Å²) in [4.78, 5) is 23.1. The molecule has 3 aliphatic rings. The molecule has 5 nitrogen and oxygen atoms in total. The van der Waals surface area contributed by atoms with Gasteiger partial charge < -0.3 is 14.8 Å². The summed E-state index contributed by atoms with van der Waals surface area (Å²) in [5.41, 5.74) is 3.82. The van der Waals surface area contributed by atoms with Crippen molar-refractivity contribution < 1.29 is 19.1 Å². The first-order valence-corrected chi connectivity index (χ1v) is 8.73. The number of cyclic esters (lactones) is 1. The zero-order chi connectivity index (χ0) is 16.7. The molecule has 0 unspecified atom stereocenters. The minimum absolute atomic E-state index is 0.00560. The highest BCUT2D eigenvalue weighted by Gasteiger charge is 2.46. The first-order valence-electron chi connectivity index (χ1n) is 8.73. The van der Waals surface area contributed by atoms with Crippen LogP contribution in [-0.4, -0.2) is 31.3 Å². The van der Waals surface area contributed by atoms with Crippen molar-refractivity contribution in [2.24, 2.45) is 5.92 Å². The van der Waals surface area contributed by atoms with E-state index in [0.717, 1.165) is 38.5 Å². The first kappa shape index (κ1) is 15.5. The standard InChI is InChI=1S/C19H23NO4/c1-23-17(21)15-5-4-12-8-14(3-2-13(12)9-15)16-6-7-19(10-16)11-24-18(22)20-19/h2-3,8,15-16H,4-7,9-11H2,1H3,(H,20,22)/t15-,16+,19-/m1/s1. The highest BCUT2D eigenvalue weighted by atomic mass is 16.6. The maximum Gasteiger partial charge on any atom is 0.407 e. The van der Waals surface area contributed by atoms with Gasteiger partial charge in [0.1, 0.15) is 6.61 Å². The van der Waals surface area contributed by atoms with Gasteiger partial charge in [0, 0.05) is 0 Å². The first-order chi connectivity index (χ1) is 11.6. The van der Waals surface area contributed by atoms with Gasteiger partial charge in [0.25, 0.3) is 0 Å². The van der Waals surface area contributed by atoms with Crippen molar-refractivity contribution in [3.63, 3.8) is 0 Å². The Hall–Kier alpha value is -2.04. The molecular weight excluding hydrogens is 306 g/mol. The number of alkyl carbamates (subject to hydrolysis) is 1. The average molecular weight is 329 g/mol. The molecule has 1 aromatic carbocycles. The van der Waals surface area contributed by atoms with Crippen molar-refractivity contribution in [3.8, 4) is 0 Å². The van der Waals surface area contributed by atoms with E-state index in [1.807, 2.05) is 0 Å². The summed E-state index contributed by atoms with van der Waals surface area (Å²) in [6.45, 7) is 0.494. The highest BCUT2D eigenvalue weighted by Crippen LogP contribution is 2.43. The number of carbonyl (C=O) groups excluding carboxylic acids is 2. The minimum atomic E-state index is -0.282. The number of benzene rings is 1. The largest absolute Gasteiger partial charge is 0.469 e. The van der Waals surface area contributed by atoms with Gasteiger partial charge in [-0.2, -0.15) is 0 Å². The molecule has 24 heavy (non-hydrogen) atoms. The minimum Gasteiger partial charge on any atom is -0.469 e. The molecule has 1 spiro atoms. The van der Waals surface area contributed by atoms with Crippen molar-refractivity contribution in [2.45, 2.75) is 50.0 Å². The normalized spacial score (nSPS) is 31.5. The molecule has 128 valence electrons. The molecular formula is C19H23NO4. The highest BCUT2D eigenvalue weighted by molar-refractivity contribution is 5.73. The second-order valence-corrected chi connectivity index (χ2v) is 7.41. The Morgan fingerprint density at radius 1 is 1.33 bits per heavy atom. The maximum atomic E-state index is 11.8. The second-order valence-electron chi connectivity index (χ2n) is 7.41. The van der Waals surface area contributed by atoms with Crippen LogP contribution in [0.2, 0.25) is 0 Å². The number of nitrogens with one attached hydrogen (secondary N) is 1. The molecule has 1 N–H and O–H groups in total. The Balaban J connectivity index is 1.49. The van der Waals surface area contributed by atoms with Crippen LogP contribution in [0.4, 0.5) is 4.79 Å². The molecule has 1 aliphatic heterocycles. The zero-order valence-corrected chi connectivity index (χ0v) is 14.0. The van der Waals surface area contributed by atoms with Gasteiger partial charge in [0.15, 0.2) is 0 Å². The average Bonchev–Trinajstić information content (AvgIpc) is 3.19. The molecule has 2 aliphatic carbocycles. The van der Waals surface area contributed by atoms with Gasteiger partial charge >= 0.3 is 12.1 Å². The number of methoxy groups -OCH3 is 1. The van der Waals surface area contributed by atoms with Crippen molar-refractivity contribution in [1.29, 1.82) is 0 Å². The summed E-state index contributed by atoms with van der Waals surface area (Å²) in [6.07, 6.45) is 5.29. The molecule has 0 aromatic heterocycles. The second kappa shape index (κ2) is 5.80. The molecule has 0 radical (unpaired) electrons. The fraction of sp³-hybridized carbons (Fsp3) is 0.579. The molecule has 4 rings (SSSR count). The van der Waals surface area contributed by atoms with E-state index in [2.05, 4.69) is 23.5 Å². The molecule has 5 heteroatoms. The molecule has 1 heterocycles. The molecule has 2 fully saturated rings. The number of carbonyl (C=O) groups is 2. The van der Waals surface area contributed by atoms with Crippen molar-refractivity contribution in [3.05, 3.63) is 34.9 Å². The summed E-state index contributed by atoms with van der Waals surface area (Å²) < 4.78 is 10.0. The van der Waals surface area contributed by atoms with Gasteiger partial charge in [-0.3, -0.25) is 4.79 Å². The van der Waals surface area contributed by atoms with Crippen molar-refractivity contribution >= 4 is 12.1 Å². The Labute approximate surface area is 141 Å². The maximum absolute atomic E-state index is 11.8. The number of rotatable bonds is 2. The van der Waals surface area contributed by atoms with Crippen molar-refractivity contribution in [2.75, 3.05) is 13.7 Å². The van der Waals surface area contributed by atoms with E-state index in [-0.39, 0.29) is 23.5 Å². The zero-order valence-electron chi connectivity index (χ0n) is 14.0. The van der Waals surface area contributed by atoms with Crippen LogP contribution in [0.5, 0.6) is 0 Å². The lowest BCUT2D eigenvalue weighted by atomic mass is 9.81. The quantitative estimate of drug-likeness (QED) is 0.847. The lowest BCUT2D eigenvalue weighted by Gasteiger charge is -2.24. The van der Waals surface area contributed by atoms with Crippen LogP contribution in [-0.2, 0) is 27.1 Å². The van der Waals surface area contributed by atoms with Crippen LogP contribution in [0, 0.1) is 5.92 Å². The fourth-order valence-corrected chi connectivity index (χ4v) is 4.54. The number of esters is 1. The van der Waals surface area contributed by atoms with Gasteiger partial charge in [0.2, 0.25) is 0 Å². The van der Waals surface area contributed by atoms with Gasteiger partial charge in [-0.25, -0.2) is 4.79 Å². The Kier molecular flexibility index (Phi) is 3.74. The third-order valence-electron chi connectivity index (χ3n) is 5.92. The number of amides is 1. The fourth-order valence-electron chi connectivity index (χ4n) is 4.54. The summed E-state index contributed by atoms with van der Waals surface area (Å²) in [6, 6.07) is 6.68. The van der Waals surface area contributed by atoms with Crippen LogP contribution in [0.1, 0.15) is 48.3 Å². The topological polar surface area (TPSA) is 64.6 Å². The van der Waals surface area contributed by atoms with E-state index < -0.39 is 0 Å². The summed E-state index contributed by atoms with van der Waals surface area (Å²) >= 11 is 0. The monoisotopic (exact) mass is 329 g/mol. The van der Waals surface area contributed by atoms with Gasteiger partial charge in [-0.05, 0) is 61.1 Å². The smallest absolute Gasteiger partial charge is 0.407 e. The van der Waals surface area contributed by atoms with Gasteiger partial charge in [-0.1, -0.05) is 18.2 Å². The third kappa shape index (κ3) is 2.66. The Bertz CT molecular complexity index is 686. The predicted molar refractivity (Wildman–Crippen MR) is 87.8 cm³/mol. The van der Waals surface area contributed by atoms with Gasteiger partial charge in [-0.15, -0.1) is 0 Å². The molecule has 1 saturated heterocycles. The predicted octanol–water partition coefficient (Wildman–Crippen LogP) is 2.71. The molecule has 3 atom stereocenters. The number of ether oxygens (including phenoxy) is 2.